The van der Waals surface area contributed by atoms with Crippen molar-refractivity contribution in [2.24, 2.45) is 5.10 Å². The van der Waals surface area contributed by atoms with Crippen molar-refractivity contribution < 1.29 is 23.0 Å². The normalized spacial score (nSPS) is 18.5. The lowest BCUT2D eigenvalue weighted by molar-refractivity contribution is -0.519. The lowest BCUT2D eigenvalue weighted by Gasteiger charge is -2.05. The summed E-state index contributed by atoms with van der Waals surface area (Å²) in [6.45, 7) is 0.472. The fourth-order valence-electron chi connectivity index (χ4n) is 1.48. The molecule has 2 rings (SSSR count). The van der Waals surface area contributed by atoms with Crippen LogP contribution in [0.4, 0.5) is 13.2 Å². The fraction of sp³-hybridized carbons (Fsp3) is 0.273. The molecule has 1 aromatic carbocycles. The average molecular weight is 242 g/mol. The molecule has 0 atom stereocenters. The Morgan fingerprint density at radius 1 is 1.24 bits per heavy atom. The minimum atomic E-state index is -4.33. The Morgan fingerprint density at radius 3 is 2.35 bits per heavy atom. The second kappa shape index (κ2) is 4.20. The summed E-state index contributed by atoms with van der Waals surface area (Å²) in [6, 6.07) is 4.70. The molecule has 1 heterocycles. The van der Waals surface area contributed by atoms with Crippen LogP contribution in [0, 0.1) is 0 Å². The van der Waals surface area contributed by atoms with Gasteiger partial charge in [-0.3, -0.25) is 0 Å². The molecule has 0 N–H and O–H groups in total. The van der Waals surface area contributed by atoms with E-state index in [1.54, 1.807) is 6.21 Å². The molecule has 1 aliphatic rings. The van der Waals surface area contributed by atoms with Crippen LogP contribution in [0.1, 0.15) is 17.5 Å². The van der Waals surface area contributed by atoms with E-state index in [0.29, 0.717) is 18.5 Å². The number of rotatable bonds is 1. The third-order valence-corrected chi connectivity index (χ3v) is 2.33. The first-order chi connectivity index (χ1) is 7.95. The van der Waals surface area contributed by atoms with Gasteiger partial charge in [0, 0.05) is 17.9 Å². The van der Waals surface area contributed by atoms with E-state index in [1.165, 1.54) is 16.8 Å². The first-order valence-corrected chi connectivity index (χ1v) is 4.98. The first-order valence-electron chi connectivity index (χ1n) is 4.98. The third-order valence-electron chi connectivity index (χ3n) is 2.33. The van der Waals surface area contributed by atoms with E-state index in [2.05, 4.69) is 5.10 Å². The van der Waals surface area contributed by atoms with Crippen molar-refractivity contribution in [2.45, 2.75) is 12.6 Å². The number of hydrogen-bond acceptors (Lipinski definition) is 2. The predicted molar refractivity (Wildman–Crippen MR) is 53.8 cm³/mol. The molecule has 0 spiro atoms. The van der Waals surface area contributed by atoms with E-state index >= 15 is 0 Å². The highest BCUT2D eigenvalue weighted by Gasteiger charge is 2.30. The van der Waals surface area contributed by atoms with Gasteiger partial charge < -0.3 is 5.11 Å². The van der Waals surface area contributed by atoms with Crippen LogP contribution in [0.3, 0.4) is 0 Å². The highest BCUT2D eigenvalue weighted by Crippen LogP contribution is 2.28. The number of benzene rings is 1. The molecule has 6 heteroatoms. The van der Waals surface area contributed by atoms with Crippen LogP contribution in [-0.2, 0) is 6.18 Å². The van der Waals surface area contributed by atoms with Crippen molar-refractivity contribution >= 4 is 12.1 Å². The zero-order valence-electron chi connectivity index (χ0n) is 8.74. The fourth-order valence-corrected chi connectivity index (χ4v) is 1.48. The Hall–Kier alpha value is -1.85. The van der Waals surface area contributed by atoms with Gasteiger partial charge in [-0.2, -0.15) is 13.2 Å². The van der Waals surface area contributed by atoms with Crippen LogP contribution in [0.15, 0.2) is 29.4 Å². The molecule has 17 heavy (non-hydrogen) atoms. The quantitative estimate of drug-likeness (QED) is 0.682. The zero-order chi connectivity index (χ0) is 12.5. The SMILES string of the molecule is [O-]C1=N/[N+](=C/c2ccc(C(F)(F)F)cc2)CC1. The first kappa shape index (κ1) is 11.6. The maximum absolute atomic E-state index is 12.3. The smallest absolute Gasteiger partial charge is 0.416 e. The lowest BCUT2D eigenvalue weighted by atomic mass is 10.1. The number of nitrogens with zero attached hydrogens (tertiary/aromatic N) is 2. The molecule has 0 aliphatic carbocycles. The van der Waals surface area contributed by atoms with Gasteiger partial charge in [0.25, 0.3) is 0 Å². The summed E-state index contributed by atoms with van der Waals surface area (Å²) in [7, 11) is 0. The van der Waals surface area contributed by atoms with Crippen molar-refractivity contribution in [3.8, 4) is 0 Å². The summed E-state index contributed by atoms with van der Waals surface area (Å²) in [4.78, 5) is 0. The van der Waals surface area contributed by atoms with Gasteiger partial charge in [0.15, 0.2) is 6.54 Å². The van der Waals surface area contributed by atoms with Crippen molar-refractivity contribution in [2.75, 3.05) is 6.54 Å². The van der Waals surface area contributed by atoms with Gasteiger partial charge >= 0.3 is 6.18 Å². The van der Waals surface area contributed by atoms with E-state index in [1.807, 2.05) is 0 Å². The monoisotopic (exact) mass is 242 g/mol. The van der Waals surface area contributed by atoms with Gasteiger partial charge in [-0.05, 0) is 29.4 Å². The largest absolute Gasteiger partial charge is 0.857 e. The Kier molecular flexibility index (Phi) is 2.87. The number of alkyl halides is 3. The Morgan fingerprint density at radius 2 is 1.88 bits per heavy atom. The molecule has 3 nitrogen and oxygen atoms in total. The van der Waals surface area contributed by atoms with Crippen LogP contribution < -0.4 is 5.11 Å². The molecule has 90 valence electrons. The van der Waals surface area contributed by atoms with Crippen molar-refractivity contribution in [1.29, 1.82) is 0 Å². The van der Waals surface area contributed by atoms with Crippen LogP contribution >= 0.6 is 0 Å². The lowest BCUT2D eigenvalue weighted by Crippen LogP contribution is -2.13. The van der Waals surface area contributed by atoms with Gasteiger partial charge in [-0.1, -0.05) is 4.68 Å². The molecular formula is C11H9F3N2O. The summed E-state index contributed by atoms with van der Waals surface area (Å²) < 4.78 is 38.3. The minimum absolute atomic E-state index is 0.215. The summed E-state index contributed by atoms with van der Waals surface area (Å²) in [6.07, 6.45) is -2.44. The van der Waals surface area contributed by atoms with E-state index in [-0.39, 0.29) is 5.90 Å². The molecule has 0 amide bonds. The molecule has 0 unspecified atom stereocenters. The molecule has 0 saturated heterocycles. The highest BCUT2D eigenvalue weighted by molar-refractivity contribution is 5.77. The Labute approximate surface area is 95.5 Å². The number of hydrazone groups is 1. The van der Waals surface area contributed by atoms with Crippen molar-refractivity contribution in [3.63, 3.8) is 0 Å². The van der Waals surface area contributed by atoms with Gasteiger partial charge in [0.05, 0.1) is 5.56 Å². The highest BCUT2D eigenvalue weighted by atomic mass is 19.4. The second-order valence-electron chi connectivity index (χ2n) is 3.66. The summed E-state index contributed by atoms with van der Waals surface area (Å²) in [5, 5.41) is 14.5. The molecule has 0 saturated carbocycles. The maximum atomic E-state index is 12.3. The van der Waals surface area contributed by atoms with Gasteiger partial charge in [0.2, 0.25) is 6.21 Å². The van der Waals surface area contributed by atoms with Crippen LogP contribution in [0.5, 0.6) is 0 Å². The topological polar surface area (TPSA) is 38.4 Å². The standard InChI is InChI=1S/C11H9F3N2O/c12-11(13,14)9-3-1-8(2-4-9)7-16-6-5-10(17)15-16/h1-4,7H,5-6H2/b16-7+. The molecule has 0 radical (unpaired) electrons. The van der Waals surface area contributed by atoms with E-state index in [0.717, 1.165) is 12.1 Å². The zero-order valence-corrected chi connectivity index (χ0v) is 8.74. The molecule has 0 bridgehead atoms. The van der Waals surface area contributed by atoms with Gasteiger partial charge in [-0.15, -0.1) is 0 Å². The van der Waals surface area contributed by atoms with Crippen LogP contribution in [-0.4, -0.2) is 23.3 Å². The van der Waals surface area contributed by atoms with Crippen molar-refractivity contribution in [1.82, 2.24) is 0 Å². The summed E-state index contributed by atoms with van der Waals surface area (Å²) in [5.74, 6) is -0.215. The van der Waals surface area contributed by atoms with Gasteiger partial charge in [0.1, 0.15) is 0 Å². The Bertz CT molecular complexity index is 474. The molecule has 1 aromatic rings. The van der Waals surface area contributed by atoms with E-state index in [9.17, 15) is 18.3 Å². The average Bonchev–Trinajstić information content (AvgIpc) is 2.63. The molecule has 0 fully saturated rings. The Balaban J connectivity index is 2.20. The summed E-state index contributed by atoms with van der Waals surface area (Å²) in [5.41, 5.74) is -0.111. The van der Waals surface area contributed by atoms with Crippen molar-refractivity contribution in [3.05, 3.63) is 35.4 Å². The minimum Gasteiger partial charge on any atom is -0.857 e. The van der Waals surface area contributed by atoms with E-state index in [4.69, 9.17) is 0 Å². The third kappa shape index (κ3) is 2.83. The maximum Gasteiger partial charge on any atom is 0.416 e. The van der Waals surface area contributed by atoms with E-state index < -0.39 is 11.7 Å². The number of halogens is 3. The number of hydrogen-bond donors (Lipinski definition) is 0. The van der Waals surface area contributed by atoms with Crippen LogP contribution in [0.2, 0.25) is 0 Å². The molecule has 0 aromatic heterocycles. The molecular weight excluding hydrogens is 233 g/mol. The van der Waals surface area contributed by atoms with Crippen LogP contribution in [0.25, 0.3) is 0 Å². The summed E-state index contributed by atoms with van der Waals surface area (Å²) >= 11 is 0. The predicted octanol–water partition coefficient (Wildman–Crippen LogP) is 1.21. The molecule has 1 aliphatic heterocycles. The second-order valence-corrected chi connectivity index (χ2v) is 3.66. The van der Waals surface area contributed by atoms with Gasteiger partial charge in [-0.25, -0.2) is 0 Å².